The molecule has 2 aliphatic rings. The first-order valence-electron chi connectivity index (χ1n) is 7.41. The van der Waals surface area contributed by atoms with Gasteiger partial charge in [0, 0.05) is 36.3 Å². The highest BCUT2D eigenvalue weighted by Crippen LogP contribution is 2.38. The Hall–Kier alpha value is -1.55. The molecule has 20 heavy (non-hydrogen) atoms. The van der Waals surface area contributed by atoms with E-state index in [2.05, 4.69) is 11.9 Å². The van der Waals surface area contributed by atoms with Crippen LogP contribution in [0.25, 0.3) is 0 Å². The number of nitrogens with zero attached hydrogens (tertiary/aromatic N) is 2. The molecule has 0 radical (unpaired) electrons. The van der Waals surface area contributed by atoms with E-state index in [1.165, 1.54) is 12.8 Å². The number of hydrogen-bond donors (Lipinski definition) is 1. The first-order chi connectivity index (χ1) is 9.58. The van der Waals surface area contributed by atoms with Gasteiger partial charge in [-0.2, -0.15) is 0 Å². The highest BCUT2D eigenvalue weighted by molar-refractivity contribution is 5.95. The molecule has 1 aromatic carbocycles. The second kappa shape index (κ2) is 5.09. The number of amides is 1. The van der Waals surface area contributed by atoms with Gasteiger partial charge in [0.2, 0.25) is 0 Å². The van der Waals surface area contributed by atoms with Crippen LogP contribution in [0.5, 0.6) is 0 Å². The van der Waals surface area contributed by atoms with Gasteiger partial charge in [-0.1, -0.05) is 6.07 Å². The quantitative estimate of drug-likeness (QED) is 0.794. The van der Waals surface area contributed by atoms with Crippen LogP contribution in [0.4, 0.5) is 5.69 Å². The summed E-state index contributed by atoms with van der Waals surface area (Å²) >= 11 is 0. The molecule has 0 saturated carbocycles. The molecule has 0 bridgehead atoms. The van der Waals surface area contributed by atoms with Crippen LogP contribution in [-0.2, 0) is 0 Å². The van der Waals surface area contributed by atoms with Gasteiger partial charge in [0.1, 0.15) is 0 Å². The van der Waals surface area contributed by atoms with Gasteiger partial charge in [-0.25, -0.2) is 0 Å². The molecule has 4 heteroatoms. The molecule has 0 aliphatic carbocycles. The maximum absolute atomic E-state index is 12.6. The van der Waals surface area contributed by atoms with E-state index in [1.54, 1.807) is 6.07 Å². The number of rotatable bonds is 1. The average molecular weight is 273 g/mol. The largest absolute Gasteiger partial charge is 0.399 e. The van der Waals surface area contributed by atoms with Crippen LogP contribution in [0.3, 0.4) is 0 Å². The second-order valence-corrected chi connectivity index (χ2v) is 6.44. The van der Waals surface area contributed by atoms with Crippen molar-refractivity contribution >= 4 is 11.6 Å². The Kier molecular flexibility index (Phi) is 3.42. The van der Waals surface area contributed by atoms with Crippen molar-refractivity contribution in [3.05, 3.63) is 29.8 Å². The van der Waals surface area contributed by atoms with Crippen molar-refractivity contribution in [1.29, 1.82) is 0 Å². The van der Waals surface area contributed by atoms with Crippen molar-refractivity contribution in [2.24, 2.45) is 5.41 Å². The molecular weight excluding hydrogens is 250 g/mol. The third kappa shape index (κ3) is 2.52. The lowest BCUT2D eigenvalue weighted by Gasteiger charge is -2.40. The molecule has 2 N–H and O–H groups in total. The molecular formula is C16H23N3O. The highest BCUT2D eigenvalue weighted by atomic mass is 16.2. The van der Waals surface area contributed by atoms with Crippen LogP contribution in [0, 0.1) is 5.41 Å². The number of anilines is 1. The van der Waals surface area contributed by atoms with Crippen molar-refractivity contribution in [2.45, 2.75) is 19.3 Å². The molecule has 4 nitrogen and oxygen atoms in total. The number of nitrogen functional groups attached to an aromatic ring is 1. The summed E-state index contributed by atoms with van der Waals surface area (Å²) in [6, 6.07) is 7.32. The fraction of sp³-hybridized carbons (Fsp3) is 0.562. The van der Waals surface area contributed by atoms with Crippen molar-refractivity contribution in [3.8, 4) is 0 Å². The molecule has 1 amide bonds. The molecule has 0 aromatic heterocycles. The SMILES string of the molecule is CN1CC[C@@]2(CCCN(C(=O)c3cccc(N)c3)C2)C1. The minimum atomic E-state index is 0.130. The highest BCUT2D eigenvalue weighted by Gasteiger charge is 2.41. The Morgan fingerprint density at radius 3 is 2.80 bits per heavy atom. The van der Waals surface area contributed by atoms with E-state index >= 15 is 0 Å². The predicted molar refractivity (Wildman–Crippen MR) is 80.5 cm³/mol. The van der Waals surface area contributed by atoms with Crippen LogP contribution in [-0.4, -0.2) is 48.9 Å². The van der Waals surface area contributed by atoms with Crippen molar-refractivity contribution < 1.29 is 4.79 Å². The zero-order chi connectivity index (χ0) is 14.2. The first kappa shape index (κ1) is 13.4. The Morgan fingerprint density at radius 1 is 1.25 bits per heavy atom. The number of likely N-dealkylation sites (tertiary alicyclic amines) is 2. The lowest BCUT2D eigenvalue weighted by Crippen LogP contribution is -2.47. The summed E-state index contributed by atoms with van der Waals surface area (Å²) in [6.45, 7) is 4.04. The van der Waals surface area contributed by atoms with Crippen LogP contribution in [0.2, 0.25) is 0 Å². The maximum atomic E-state index is 12.6. The van der Waals surface area contributed by atoms with Crippen LogP contribution >= 0.6 is 0 Å². The van der Waals surface area contributed by atoms with Crippen molar-refractivity contribution in [1.82, 2.24) is 9.80 Å². The average Bonchev–Trinajstić information content (AvgIpc) is 2.78. The minimum absolute atomic E-state index is 0.130. The van der Waals surface area contributed by atoms with Crippen LogP contribution in [0.1, 0.15) is 29.6 Å². The summed E-state index contributed by atoms with van der Waals surface area (Å²) in [5.74, 6) is 0.130. The Bertz CT molecular complexity index is 512. The monoisotopic (exact) mass is 273 g/mol. The summed E-state index contributed by atoms with van der Waals surface area (Å²) in [6.07, 6.45) is 3.57. The third-order valence-corrected chi connectivity index (χ3v) is 4.71. The summed E-state index contributed by atoms with van der Waals surface area (Å²) in [7, 11) is 2.17. The van der Waals surface area contributed by atoms with Gasteiger partial charge in [-0.3, -0.25) is 4.79 Å². The summed E-state index contributed by atoms with van der Waals surface area (Å²) in [5, 5.41) is 0. The molecule has 1 aromatic rings. The Labute approximate surface area is 120 Å². The number of nitrogens with two attached hydrogens (primary N) is 1. The standard InChI is InChI=1S/C16H23N3O/c1-18-9-7-16(11-18)6-3-8-19(12-16)15(20)13-4-2-5-14(17)10-13/h2,4-5,10H,3,6-9,11-12,17H2,1H3/t16-/m0/s1. The number of hydrogen-bond acceptors (Lipinski definition) is 3. The molecule has 108 valence electrons. The molecule has 2 saturated heterocycles. The molecule has 1 spiro atoms. The Balaban J connectivity index is 1.75. The molecule has 2 aliphatic heterocycles. The molecule has 0 unspecified atom stereocenters. The van der Waals surface area contributed by atoms with Gasteiger partial charge >= 0.3 is 0 Å². The van der Waals surface area contributed by atoms with E-state index in [-0.39, 0.29) is 5.91 Å². The van der Waals surface area contributed by atoms with E-state index < -0.39 is 0 Å². The van der Waals surface area contributed by atoms with Crippen molar-refractivity contribution in [2.75, 3.05) is 39.0 Å². The smallest absolute Gasteiger partial charge is 0.253 e. The van der Waals surface area contributed by atoms with Gasteiger partial charge in [-0.05, 0) is 51.1 Å². The van der Waals surface area contributed by atoms with Gasteiger partial charge in [0.15, 0.2) is 0 Å². The zero-order valence-electron chi connectivity index (χ0n) is 12.1. The first-order valence-corrected chi connectivity index (χ1v) is 7.41. The minimum Gasteiger partial charge on any atom is -0.399 e. The molecule has 2 heterocycles. The molecule has 1 atom stereocenters. The number of carbonyl (C=O) groups excluding carboxylic acids is 1. The maximum Gasteiger partial charge on any atom is 0.253 e. The fourth-order valence-electron chi connectivity index (χ4n) is 3.73. The van der Waals surface area contributed by atoms with Gasteiger partial charge < -0.3 is 15.5 Å². The predicted octanol–water partition coefficient (Wildman–Crippen LogP) is 1.83. The topological polar surface area (TPSA) is 49.6 Å². The van der Waals surface area contributed by atoms with E-state index in [0.29, 0.717) is 16.7 Å². The number of piperidine rings is 1. The third-order valence-electron chi connectivity index (χ3n) is 4.71. The van der Waals surface area contributed by atoms with Gasteiger partial charge in [-0.15, -0.1) is 0 Å². The summed E-state index contributed by atoms with van der Waals surface area (Å²) < 4.78 is 0. The molecule has 2 fully saturated rings. The summed E-state index contributed by atoms with van der Waals surface area (Å²) in [4.78, 5) is 17.0. The van der Waals surface area contributed by atoms with E-state index in [0.717, 1.165) is 32.6 Å². The van der Waals surface area contributed by atoms with Crippen LogP contribution < -0.4 is 5.73 Å². The van der Waals surface area contributed by atoms with E-state index in [1.807, 2.05) is 23.1 Å². The summed E-state index contributed by atoms with van der Waals surface area (Å²) in [5.41, 5.74) is 7.48. The van der Waals surface area contributed by atoms with Gasteiger partial charge in [0.25, 0.3) is 5.91 Å². The fourth-order valence-corrected chi connectivity index (χ4v) is 3.73. The zero-order valence-corrected chi connectivity index (χ0v) is 12.1. The normalized spacial score (nSPS) is 27.1. The number of benzene rings is 1. The molecule has 3 rings (SSSR count). The number of carbonyl (C=O) groups is 1. The lowest BCUT2D eigenvalue weighted by atomic mass is 9.79. The van der Waals surface area contributed by atoms with Crippen molar-refractivity contribution in [3.63, 3.8) is 0 Å². The van der Waals surface area contributed by atoms with Gasteiger partial charge in [0.05, 0.1) is 0 Å². The van der Waals surface area contributed by atoms with E-state index in [9.17, 15) is 4.79 Å². The lowest BCUT2D eigenvalue weighted by molar-refractivity contribution is 0.0534. The van der Waals surface area contributed by atoms with Crippen LogP contribution in [0.15, 0.2) is 24.3 Å². The van der Waals surface area contributed by atoms with E-state index in [4.69, 9.17) is 5.73 Å². The Morgan fingerprint density at radius 2 is 2.10 bits per heavy atom. The second-order valence-electron chi connectivity index (χ2n) is 6.44.